The van der Waals surface area contributed by atoms with E-state index in [9.17, 15) is 5.11 Å². The Morgan fingerprint density at radius 2 is 1.33 bits per heavy atom. The average molecular weight is 645 g/mol. The summed E-state index contributed by atoms with van der Waals surface area (Å²) in [6, 6.07) is 39.9. The van der Waals surface area contributed by atoms with E-state index in [0.717, 1.165) is 39.1 Å². The number of hydrogen-bond acceptors (Lipinski definition) is 4. The topological polar surface area (TPSA) is 63.8 Å². The Kier molecular flexibility index (Phi) is 7.84. The molecule has 238 valence electrons. The van der Waals surface area contributed by atoms with Crippen molar-refractivity contribution in [1.82, 2.24) is 19.5 Å². The maximum atomic E-state index is 10.8. The minimum absolute atomic E-state index is 0.0504. The Morgan fingerprint density at radius 1 is 0.646 bits per heavy atom. The predicted molar refractivity (Wildman–Crippen MR) is 202 cm³/mol. The largest absolute Gasteiger partial charge is 0.493 e. The molecule has 0 amide bonds. The van der Waals surface area contributed by atoms with Gasteiger partial charge in [-0.1, -0.05) is 107 Å². The second-order valence-corrected chi connectivity index (χ2v) is 19.5. The third kappa shape index (κ3) is 5.84. The van der Waals surface area contributed by atoms with E-state index >= 15 is 0 Å². The van der Waals surface area contributed by atoms with Crippen LogP contribution in [0.25, 0.3) is 61.6 Å². The molecule has 7 rings (SSSR count). The van der Waals surface area contributed by atoms with Crippen LogP contribution in [0.5, 0.6) is 5.88 Å². The van der Waals surface area contributed by atoms with Crippen molar-refractivity contribution in [2.24, 2.45) is 0 Å². The van der Waals surface area contributed by atoms with Crippen molar-refractivity contribution < 1.29 is 5.11 Å². The molecule has 1 N–H and O–H groups in total. The summed E-state index contributed by atoms with van der Waals surface area (Å²) in [6.45, 7) is 13.9. The van der Waals surface area contributed by atoms with Crippen LogP contribution in [0, 0.1) is 0 Å². The van der Waals surface area contributed by atoms with Gasteiger partial charge in [-0.2, -0.15) is 0 Å². The molecule has 0 aliphatic carbocycles. The molecule has 0 unspecified atom stereocenters. The first kappa shape index (κ1) is 31.3. The summed E-state index contributed by atoms with van der Waals surface area (Å²) in [7, 11) is -1.68. The number of imidazole rings is 1. The van der Waals surface area contributed by atoms with Gasteiger partial charge in [0.25, 0.3) is 0 Å². The molecule has 0 bridgehead atoms. The van der Waals surface area contributed by atoms with Crippen LogP contribution in [0.2, 0.25) is 19.6 Å². The third-order valence-corrected chi connectivity index (χ3v) is 10.9. The lowest BCUT2D eigenvalue weighted by Crippen LogP contribution is -2.39. The number of para-hydroxylation sites is 2. The molecule has 4 aromatic carbocycles. The molecule has 0 atom stereocenters. The van der Waals surface area contributed by atoms with E-state index in [1.54, 1.807) is 6.20 Å². The van der Waals surface area contributed by atoms with Crippen LogP contribution in [0.3, 0.4) is 0 Å². The summed E-state index contributed by atoms with van der Waals surface area (Å²) >= 11 is 0. The number of pyridine rings is 2. The van der Waals surface area contributed by atoms with Crippen LogP contribution < -0.4 is 5.19 Å². The van der Waals surface area contributed by atoms with Crippen molar-refractivity contribution in [3.05, 3.63) is 133 Å². The smallest absolute Gasteiger partial charge is 0.222 e. The minimum Gasteiger partial charge on any atom is -0.493 e. The van der Waals surface area contributed by atoms with Crippen molar-refractivity contribution in [3.8, 4) is 56.5 Å². The van der Waals surface area contributed by atoms with Gasteiger partial charge in [0.1, 0.15) is 0 Å². The first-order valence-electron chi connectivity index (χ1n) is 16.4. The fourth-order valence-corrected chi connectivity index (χ4v) is 7.83. The molecule has 0 saturated carbocycles. The highest BCUT2D eigenvalue weighted by atomic mass is 28.3. The van der Waals surface area contributed by atoms with Crippen molar-refractivity contribution in [2.75, 3.05) is 0 Å². The number of nitrogens with zero attached hydrogens (tertiary/aromatic N) is 4. The minimum atomic E-state index is -1.68. The van der Waals surface area contributed by atoms with E-state index < -0.39 is 8.07 Å². The van der Waals surface area contributed by atoms with Gasteiger partial charge in [0, 0.05) is 29.2 Å². The summed E-state index contributed by atoms with van der Waals surface area (Å²) in [5, 5.41) is 12.2. The monoisotopic (exact) mass is 644 g/mol. The average Bonchev–Trinajstić information content (AvgIpc) is 3.47. The zero-order valence-corrected chi connectivity index (χ0v) is 29.4. The van der Waals surface area contributed by atoms with Gasteiger partial charge in [0.05, 0.1) is 30.4 Å². The highest BCUT2D eigenvalue weighted by Gasteiger charge is 2.25. The zero-order chi connectivity index (χ0) is 33.6. The van der Waals surface area contributed by atoms with Crippen LogP contribution in [0.15, 0.2) is 128 Å². The van der Waals surface area contributed by atoms with Crippen LogP contribution in [0.1, 0.15) is 26.3 Å². The second-order valence-electron chi connectivity index (χ2n) is 14.4. The number of benzene rings is 4. The van der Waals surface area contributed by atoms with Gasteiger partial charge >= 0.3 is 0 Å². The maximum Gasteiger partial charge on any atom is 0.222 e. The third-order valence-electron chi connectivity index (χ3n) is 8.93. The number of hydrogen-bond donors (Lipinski definition) is 1. The maximum absolute atomic E-state index is 10.8. The first-order valence-corrected chi connectivity index (χ1v) is 19.9. The molecule has 0 aliphatic rings. The molecule has 3 heterocycles. The molecule has 0 radical (unpaired) electrons. The highest BCUT2D eigenvalue weighted by molar-refractivity contribution is 6.89. The fraction of sp³-hybridized carbons (Fsp3) is 0.167. The fourth-order valence-electron chi connectivity index (χ4n) is 6.35. The summed E-state index contributed by atoms with van der Waals surface area (Å²) in [4.78, 5) is 14.5. The molecule has 5 nitrogen and oxygen atoms in total. The lowest BCUT2D eigenvalue weighted by Gasteiger charge is -2.23. The quantitative estimate of drug-likeness (QED) is 0.183. The molecule has 3 aromatic heterocycles. The van der Waals surface area contributed by atoms with E-state index in [4.69, 9.17) is 9.97 Å². The number of fused-ring (bicyclic) bond motifs is 1. The summed E-state index contributed by atoms with van der Waals surface area (Å²) in [6.07, 6.45) is 3.70. The number of rotatable bonds is 6. The summed E-state index contributed by atoms with van der Waals surface area (Å²) in [5.41, 5.74) is 11.0. The molecule has 0 fully saturated rings. The molecule has 7 aromatic rings. The Hall–Kier alpha value is -5.33. The van der Waals surface area contributed by atoms with Gasteiger partial charge in [-0.15, -0.1) is 0 Å². The van der Waals surface area contributed by atoms with E-state index in [2.05, 4.69) is 141 Å². The van der Waals surface area contributed by atoms with Gasteiger partial charge in [-0.3, -0.25) is 9.55 Å². The van der Waals surface area contributed by atoms with Crippen LogP contribution in [0.4, 0.5) is 0 Å². The van der Waals surface area contributed by atoms with E-state index in [1.807, 2.05) is 30.3 Å². The predicted octanol–water partition coefficient (Wildman–Crippen LogP) is 10.0. The first-order chi connectivity index (χ1) is 23.0. The van der Waals surface area contributed by atoms with E-state index in [-0.39, 0.29) is 11.3 Å². The van der Waals surface area contributed by atoms with Crippen molar-refractivity contribution in [3.63, 3.8) is 0 Å². The summed E-state index contributed by atoms with van der Waals surface area (Å²) < 4.78 is 2.10. The Labute approximate surface area is 283 Å². The number of aromatic nitrogens is 4. The lowest BCUT2D eigenvalue weighted by atomic mass is 9.83. The Balaban J connectivity index is 1.48. The van der Waals surface area contributed by atoms with Crippen molar-refractivity contribution in [2.45, 2.75) is 45.8 Å². The van der Waals surface area contributed by atoms with Crippen LogP contribution in [-0.2, 0) is 5.41 Å². The number of aromatic hydroxyl groups is 1. The molecule has 0 saturated heterocycles. The SMILES string of the molecule is CC(C)(C)c1cc(-c2cc(-c3ccccc3)c([Si](C)(C)C)cn2)cc(-c2cccc3c2nc(-c2cccnc2O)n3-c2ccccc2)c1. The van der Waals surface area contributed by atoms with Gasteiger partial charge in [0.15, 0.2) is 5.82 Å². The molecular formula is C42H40N4OSi. The summed E-state index contributed by atoms with van der Waals surface area (Å²) in [5.74, 6) is 0.586. The van der Waals surface area contributed by atoms with Crippen molar-refractivity contribution >= 4 is 24.3 Å². The van der Waals surface area contributed by atoms with Crippen LogP contribution >= 0.6 is 0 Å². The second kappa shape index (κ2) is 12.0. The van der Waals surface area contributed by atoms with E-state index in [1.165, 1.54) is 21.9 Å². The lowest BCUT2D eigenvalue weighted by molar-refractivity contribution is 0.455. The van der Waals surface area contributed by atoms with Crippen LogP contribution in [-0.4, -0.2) is 32.7 Å². The standard InChI is InChI=1S/C42H40N4OSi/c1-42(2,3)31-24-29(23-30(25-31)36-26-35(28-15-9-7-10-16-28)38(27-44-36)48(4,5)6)33-19-13-21-37-39(33)45-40(34-20-14-22-43-41(34)47)46(37)32-17-11-8-12-18-32/h7-27H,1-6H3,(H,43,47). The Bertz CT molecular complexity index is 2260. The van der Waals surface area contributed by atoms with Crippen molar-refractivity contribution in [1.29, 1.82) is 0 Å². The normalized spacial score (nSPS) is 12.0. The van der Waals surface area contributed by atoms with Gasteiger partial charge < -0.3 is 5.11 Å². The molecular weight excluding hydrogens is 605 g/mol. The highest BCUT2D eigenvalue weighted by Crippen LogP contribution is 2.39. The van der Waals surface area contributed by atoms with Gasteiger partial charge in [-0.25, -0.2) is 9.97 Å². The Morgan fingerprint density at radius 3 is 2.02 bits per heavy atom. The van der Waals surface area contributed by atoms with E-state index in [0.29, 0.717) is 11.4 Å². The zero-order valence-electron chi connectivity index (χ0n) is 28.4. The van der Waals surface area contributed by atoms with Gasteiger partial charge in [0.2, 0.25) is 5.88 Å². The molecule has 0 spiro atoms. The molecule has 6 heteroatoms. The molecule has 0 aliphatic heterocycles. The van der Waals surface area contributed by atoms with Gasteiger partial charge in [-0.05, 0) is 81.4 Å². The molecule has 48 heavy (non-hydrogen) atoms.